The normalized spacial score (nSPS) is 13.1. The van der Waals surface area contributed by atoms with Crippen LogP contribution in [0.2, 0.25) is 0 Å². The second-order valence-corrected chi connectivity index (χ2v) is 5.92. The Morgan fingerprint density at radius 1 is 1.05 bits per heavy atom. The minimum atomic E-state index is -0.912. The molecule has 0 aromatic heterocycles. The standard InChI is InChI=1S/C17H30O4/c1-6-20-16(18)17(19)21-11-10-15(5)12-14(4)9-7-8-13(2)3/h12-13,15H,6-11H2,1-5H3. The van der Waals surface area contributed by atoms with Crippen LogP contribution in [0.3, 0.4) is 0 Å². The summed E-state index contributed by atoms with van der Waals surface area (Å²) >= 11 is 0. The van der Waals surface area contributed by atoms with E-state index in [1.54, 1.807) is 6.92 Å². The highest BCUT2D eigenvalue weighted by molar-refractivity contribution is 6.29. The van der Waals surface area contributed by atoms with E-state index in [1.165, 1.54) is 18.4 Å². The Labute approximate surface area is 128 Å². The Bertz CT molecular complexity index is 345. The van der Waals surface area contributed by atoms with Crippen LogP contribution < -0.4 is 0 Å². The van der Waals surface area contributed by atoms with Crippen molar-refractivity contribution in [1.29, 1.82) is 0 Å². The Balaban J connectivity index is 3.90. The van der Waals surface area contributed by atoms with Gasteiger partial charge < -0.3 is 9.47 Å². The molecule has 1 atom stereocenters. The van der Waals surface area contributed by atoms with Gasteiger partial charge in [-0.2, -0.15) is 0 Å². The molecule has 0 heterocycles. The highest BCUT2D eigenvalue weighted by Gasteiger charge is 2.16. The summed E-state index contributed by atoms with van der Waals surface area (Å²) in [5.74, 6) is -0.733. The number of hydrogen-bond acceptors (Lipinski definition) is 4. The van der Waals surface area contributed by atoms with Gasteiger partial charge in [0.1, 0.15) is 0 Å². The number of ether oxygens (including phenoxy) is 2. The largest absolute Gasteiger partial charge is 0.458 e. The lowest BCUT2D eigenvalue weighted by Gasteiger charge is -2.10. The van der Waals surface area contributed by atoms with Crippen LogP contribution in [0.5, 0.6) is 0 Å². The van der Waals surface area contributed by atoms with Gasteiger partial charge in [0.15, 0.2) is 0 Å². The smallest absolute Gasteiger partial charge is 0.417 e. The maximum absolute atomic E-state index is 11.2. The van der Waals surface area contributed by atoms with Crippen molar-refractivity contribution in [2.75, 3.05) is 13.2 Å². The zero-order chi connectivity index (χ0) is 16.3. The van der Waals surface area contributed by atoms with Crippen molar-refractivity contribution >= 4 is 11.9 Å². The molecule has 4 nitrogen and oxygen atoms in total. The maximum Gasteiger partial charge on any atom is 0.417 e. The number of carbonyl (C=O) groups is 2. The van der Waals surface area contributed by atoms with E-state index in [4.69, 9.17) is 4.74 Å². The molecular formula is C17H30O4. The lowest BCUT2D eigenvalue weighted by Crippen LogP contribution is -2.21. The van der Waals surface area contributed by atoms with Gasteiger partial charge in [-0.1, -0.05) is 38.8 Å². The Kier molecular flexibility index (Phi) is 10.6. The fourth-order valence-electron chi connectivity index (χ4n) is 2.03. The first kappa shape index (κ1) is 19.7. The summed E-state index contributed by atoms with van der Waals surface area (Å²) < 4.78 is 9.44. The molecule has 0 aliphatic carbocycles. The Hall–Kier alpha value is -1.32. The van der Waals surface area contributed by atoms with Crippen molar-refractivity contribution in [3.63, 3.8) is 0 Å². The number of carbonyl (C=O) groups excluding carboxylic acids is 2. The molecule has 0 spiro atoms. The van der Waals surface area contributed by atoms with Crippen LogP contribution in [-0.4, -0.2) is 25.2 Å². The Morgan fingerprint density at radius 3 is 2.24 bits per heavy atom. The maximum atomic E-state index is 11.2. The molecule has 0 rings (SSSR count). The monoisotopic (exact) mass is 298 g/mol. The van der Waals surface area contributed by atoms with Crippen LogP contribution in [0.4, 0.5) is 0 Å². The molecule has 4 heteroatoms. The van der Waals surface area contributed by atoms with Gasteiger partial charge in [-0.25, -0.2) is 9.59 Å². The van der Waals surface area contributed by atoms with Crippen LogP contribution >= 0.6 is 0 Å². The van der Waals surface area contributed by atoms with Gasteiger partial charge in [-0.15, -0.1) is 0 Å². The quantitative estimate of drug-likeness (QED) is 0.368. The molecular weight excluding hydrogens is 268 g/mol. The minimum absolute atomic E-state index is 0.183. The summed E-state index contributed by atoms with van der Waals surface area (Å²) in [6.07, 6.45) is 6.51. The highest BCUT2D eigenvalue weighted by atomic mass is 16.6. The lowest BCUT2D eigenvalue weighted by molar-refractivity contribution is -0.167. The number of allylic oxidation sites excluding steroid dienone is 2. The molecule has 0 saturated carbocycles. The summed E-state index contributed by atoms with van der Waals surface area (Å²) in [6, 6.07) is 0. The first-order valence-electron chi connectivity index (χ1n) is 7.88. The van der Waals surface area contributed by atoms with Gasteiger partial charge in [-0.05, 0) is 44.9 Å². The van der Waals surface area contributed by atoms with Crippen molar-refractivity contribution in [3.8, 4) is 0 Å². The molecule has 0 aliphatic heterocycles. The van der Waals surface area contributed by atoms with Crippen molar-refractivity contribution in [1.82, 2.24) is 0 Å². The summed E-state index contributed by atoms with van der Waals surface area (Å²) in [5.41, 5.74) is 1.37. The fraction of sp³-hybridized carbons (Fsp3) is 0.765. The molecule has 0 N–H and O–H groups in total. The minimum Gasteiger partial charge on any atom is -0.458 e. The first-order valence-corrected chi connectivity index (χ1v) is 7.88. The van der Waals surface area contributed by atoms with Crippen LogP contribution in [0.1, 0.15) is 60.3 Å². The van der Waals surface area contributed by atoms with Gasteiger partial charge in [-0.3, -0.25) is 0 Å². The lowest BCUT2D eigenvalue weighted by atomic mass is 9.99. The van der Waals surface area contributed by atoms with E-state index in [-0.39, 0.29) is 13.2 Å². The molecule has 122 valence electrons. The molecule has 1 unspecified atom stereocenters. The van der Waals surface area contributed by atoms with E-state index in [9.17, 15) is 9.59 Å². The van der Waals surface area contributed by atoms with E-state index >= 15 is 0 Å². The van der Waals surface area contributed by atoms with Crippen molar-refractivity contribution in [3.05, 3.63) is 11.6 Å². The molecule has 0 radical (unpaired) electrons. The molecule has 0 amide bonds. The summed E-state index contributed by atoms with van der Waals surface area (Å²) in [6.45, 7) is 10.8. The number of hydrogen-bond donors (Lipinski definition) is 0. The summed E-state index contributed by atoms with van der Waals surface area (Å²) in [4.78, 5) is 22.3. The summed E-state index contributed by atoms with van der Waals surface area (Å²) in [5, 5.41) is 0. The zero-order valence-electron chi connectivity index (χ0n) is 14.1. The zero-order valence-corrected chi connectivity index (χ0v) is 14.1. The van der Waals surface area contributed by atoms with Gasteiger partial charge in [0.25, 0.3) is 0 Å². The van der Waals surface area contributed by atoms with E-state index in [0.29, 0.717) is 12.3 Å². The van der Waals surface area contributed by atoms with Crippen molar-refractivity contribution in [2.45, 2.75) is 60.3 Å². The molecule has 0 aromatic rings. The van der Waals surface area contributed by atoms with Gasteiger partial charge in [0.05, 0.1) is 13.2 Å². The molecule has 21 heavy (non-hydrogen) atoms. The van der Waals surface area contributed by atoms with E-state index < -0.39 is 11.9 Å². The fourth-order valence-corrected chi connectivity index (χ4v) is 2.03. The average Bonchev–Trinajstić information content (AvgIpc) is 2.38. The second kappa shape index (κ2) is 11.4. The van der Waals surface area contributed by atoms with Crippen LogP contribution in [0.25, 0.3) is 0 Å². The molecule has 0 saturated heterocycles. The van der Waals surface area contributed by atoms with E-state index in [2.05, 4.69) is 38.5 Å². The third-order valence-electron chi connectivity index (χ3n) is 3.17. The third kappa shape index (κ3) is 11.1. The SMILES string of the molecule is CCOC(=O)C(=O)OCCC(C)C=C(C)CCCC(C)C. The highest BCUT2D eigenvalue weighted by Crippen LogP contribution is 2.15. The third-order valence-corrected chi connectivity index (χ3v) is 3.17. The molecule has 0 aliphatic rings. The topological polar surface area (TPSA) is 52.6 Å². The molecule has 0 fully saturated rings. The molecule has 0 bridgehead atoms. The van der Waals surface area contributed by atoms with E-state index in [1.807, 2.05) is 0 Å². The van der Waals surface area contributed by atoms with Crippen LogP contribution in [-0.2, 0) is 19.1 Å². The molecule has 0 aromatic carbocycles. The number of rotatable bonds is 9. The Morgan fingerprint density at radius 2 is 1.67 bits per heavy atom. The van der Waals surface area contributed by atoms with E-state index in [0.717, 1.165) is 12.3 Å². The van der Waals surface area contributed by atoms with Crippen LogP contribution in [0.15, 0.2) is 11.6 Å². The van der Waals surface area contributed by atoms with Crippen molar-refractivity contribution < 1.29 is 19.1 Å². The second-order valence-electron chi connectivity index (χ2n) is 5.92. The average molecular weight is 298 g/mol. The predicted molar refractivity (Wildman–Crippen MR) is 83.8 cm³/mol. The van der Waals surface area contributed by atoms with Gasteiger partial charge >= 0.3 is 11.9 Å². The first-order chi connectivity index (χ1) is 9.86. The summed E-state index contributed by atoms with van der Waals surface area (Å²) in [7, 11) is 0. The van der Waals surface area contributed by atoms with Crippen LogP contribution in [0, 0.1) is 11.8 Å². The predicted octanol–water partition coefficient (Wildman–Crippen LogP) is 3.89. The van der Waals surface area contributed by atoms with Gasteiger partial charge in [0, 0.05) is 0 Å². The van der Waals surface area contributed by atoms with Gasteiger partial charge in [0.2, 0.25) is 0 Å². The van der Waals surface area contributed by atoms with Crippen molar-refractivity contribution in [2.24, 2.45) is 11.8 Å². The number of esters is 2.